The monoisotopic (exact) mass is 391 g/mol. The van der Waals surface area contributed by atoms with E-state index in [-0.39, 0.29) is 24.3 Å². The van der Waals surface area contributed by atoms with Crippen LogP contribution in [-0.2, 0) is 19.3 Å². The number of aromatic nitrogens is 2. The second-order valence-corrected chi connectivity index (χ2v) is 6.67. The molecular formula is C20H20F3N3O2. The minimum absolute atomic E-state index is 0.0891. The van der Waals surface area contributed by atoms with Gasteiger partial charge < -0.3 is 13.9 Å². The molecule has 0 bridgehead atoms. The molecule has 2 aromatic heterocycles. The summed E-state index contributed by atoms with van der Waals surface area (Å²) in [5.41, 5.74) is 0.0258. The molecule has 1 amide bonds. The lowest BCUT2D eigenvalue weighted by atomic mass is 10.1. The van der Waals surface area contributed by atoms with E-state index in [9.17, 15) is 18.0 Å². The molecular weight excluding hydrogens is 371 g/mol. The molecule has 148 valence electrons. The van der Waals surface area contributed by atoms with Crippen LogP contribution in [0.1, 0.15) is 41.4 Å². The Labute approximate surface area is 160 Å². The number of alkyl halides is 3. The lowest BCUT2D eigenvalue weighted by Crippen LogP contribution is -2.37. The molecule has 0 radical (unpaired) electrons. The van der Waals surface area contributed by atoms with E-state index in [1.165, 1.54) is 18.4 Å². The first kappa shape index (κ1) is 19.7. The number of amides is 1. The normalized spacial score (nSPS) is 11.8. The molecule has 5 nitrogen and oxygen atoms in total. The van der Waals surface area contributed by atoms with Gasteiger partial charge in [-0.1, -0.05) is 12.1 Å². The highest BCUT2D eigenvalue weighted by Crippen LogP contribution is 2.29. The van der Waals surface area contributed by atoms with Gasteiger partial charge in [0.15, 0.2) is 5.76 Å². The number of carbonyl (C=O) groups excluding carboxylic acids is 1. The van der Waals surface area contributed by atoms with Crippen molar-refractivity contribution in [1.82, 2.24) is 14.5 Å². The maximum atomic E-state index is 12.7. The van der Waals surface area contributed by atoms with E-state index < -0.39 is 11.7 Å². The zero-order valence-electron chi connectivity index (χ0n) is 15.5. The van der Waals surface area contributed by atoms with Gasteiger partial charge >= 0.3 is 6.18 Å². The number of halogens is 3. The third-order valence-electron chi connectivity index (χ3n) is 4.36. The van der Waals surface area contributed by atoms with Crippen LogP contribution in [0.2, 0.25) is 0 Å². The topological polar surface area (TPSA) is 51.3 Å². The molecule has 0 saturated carbocycles. The molecule has 0 N–H and O–H groups in total. The highest BCUT2D eigenvalue weighted by molar-refractivity contribution is 5.91. The SMILES string of the molecule is CC(C)N(Cc1nccn1Cc1ccc(C(F)(F)F)cc1)C(=O)c1ccco1. The molecule has 2 heterocycles. The maximum Gasteiger partial charge on any atom is 0.416 e. The Kier molecular flexibility index (Phi) is 5.58. The molecule has 0 saturated heterocycles. The Balaban J connectivity index is 1.76. The summed E-state index contributed by atoms with van der Waals surface area (Å²) in [6, 6.07) is 8.18. The Bertz CT molecular complexity index is 913. The highest BCUT2D eigenvalue weighted by atomic mass is 19.4. The quantitative estimate of drug-likeness (QED) is 0.617. The van der Waals surface area contributed by atoms with E-state index >= 15 is 0 Å². The number of hydrogen-bond acceptors (Lipinski definition) is 3. The Morgan fingerprint density at radius 3 is 2.50 bits per heavy atom. The van der Waals surface area contributed by atoms with Gasteiger partial charge in [0.1, 0.15) is 5.82 Å². The Morgan fingerprint density at radius 2 is 1.93 bits per heavy atom. The van der Waals surface area contributed by atoms with Crippen molar-refractivity contribution >= 4 is 5.91 Å². The molecule has 0 aliphatic rings. The van der Waals surface area contributed by atoms with Crippen LogP contribution in [-0.4, -0.2) is 26.4 Å². The predicted octanol–water partition coefficient (Wildman–Crippen LogP) is 4.59. The minimum Gasteiger partial charge on any atom is -0.459 e. The molecule has 8 heteroatoms. The van der Waals surface area contributed by atoms with E-state index in [1.54, 1.807) is 29.4 Å². The van der Waals surface area contributed by atoms with Crippen molar-refractivity contribution in [2.45, 2.75) is 39.2 Å². The van der Waals surface area contributed by atoms with Gasteiger partial charge in [0.2, 0.25) is 0 Å². The maximum absolute atomic E-state index is 12.7. The molecule has 1 aromatic carbocycles. The van der Waals surface area contributed by atoms with Gasteiger partial charge in [0.25, 0.3) is 5.91 Å². The minimum atomic E-state index is -4.36. The van der Waals surface area contributed by atoms with Crippen molar-refractivity contribution in [3.05, 3.63) is 77.8 Å². The van der Waals surface area contributed by atoms with Gasteiger partial charge in [-0.15, -0.1) is 0 Å². The van der Waals surface area contributed by atoms with Crippen LogP contribution in [0, 0.1) is 0 Å². The fraction of sp³-hybridized carbons (Fsp3) is 0.300. The van der Waals surface area contributed by atoms with E-state index in [0.717, 1.165) is 12.1 Å². The molecule has 0 atom stereocenters. The van der Waals surface area contributed by atoms with E-state index in [1.807, 2.05) is 18.4 Å². The third-order valence-corrected chi connectivity index (χ3v) is 4.36. The van der Waals surface area contributed by atoms with Crippen LogP contribution in [0.25, 0.3) is 0 Å². The largest absolute Gasteiger partial charge is 0.459 e. The van der Waals surface area contributed by atoms with Crippen molar-refractivity contribution < 1.29 is 22.4 Å². The average Bonchev–Trinajstić information content (AvgIpc) is 3.31. The Hall–Kier alpha value is -3.03. The van der Waals surface area contributed by atoms with Crippen LogP contribution in [0.4, 0.5) is 13.2 Å². The number of nitrogens with zero attached hydrogens (tertiary/aromatic N) is 3. The van der Waals surface area contributed by atoms with Gasteiger partial charge in [-0.3, -0.25) is 4.79 Å². The van der Waals surface area contributed by atoms with Gasteiger partial charge in [0.05, 0.1) is 18.4 Å². The van der Waals surface area contributed by atoms with Gasteiger partial charge in [-0.2, -0.15) is 13.2 Å². The summed E-state index contributed by atoms with van der Waals surface area (Å²) in [6.07, 6.45) is 0.429. The molecule has 3 rings (SSSR count). The lowest BCUT2D eigenvalue weighted by molar-refractivity contribution is -0.137. The lowest BCUT2D eigenvalue weighted by Gasteiger charge is -2.25. The summed E-state index contributed by atoms with van der Waals surface area (Å²) in [6.45, 7) is 4.40. The first-order valence-electron chi connectivity index (χ1n) is 8.76. The summed E-state index contributed by atoms with van der Waals surface area (Å²) < 4.78 is 45.1. The molecule has 0 fully saturated rings. The zero-order chi connectivity index (χ0) is 20.3. The Morgan fingerprint density at radius 1 is 1.21 bits per heavy atom. The first-order valence-corrected chi connectivity index (χ1v) is 8.76. The summed E-state index contributed by atoms with van der Waals surface area (Å²) in [4.78, 5) is 18.6. The van der Waals surface area contributed by atoms with E-state index in [2.05, 4.69) is 4.98 Å². The second-order valence-electron chi connectivity index (χ2n) is 6.67. The number of benzene rings is 1. The molecule has 0 unspecified atom stereocenters. The van der Waals surface area contributed by atoms with Crippen LogP contribution in [0.5, 0.6) is 0 Å². The molecule has 0 aliphatic heterocycles. The second kappa shape index (κ2) is 7.92. The van der Waals surface area contributed by atoms with Crippen LogP contribution < -0.4 is 0 Å². The van der Waals surface area contributed by atoms with E-state index in [0.29, 0.717) is 17.9 Å². The van der Waals surface area contributed by atoms with Crippen molar-refractivity contribution in [2.75, 3.05) is 0 Å². The number of imidazole rings is 1. The number of carbonyl (C=O) groups is 1. The summed E-state index contributed by atoms with van der Waals surface area (Å²) in [5.74, 6) is 0.632. The summed E-state index contributed by atoms with van der Waals surface area (Å²) in [5, 5.41) is 0. The summed E-state index contributed by atoms with van der Waals surface area (Å²) >= 11 is 0. The standard InChI is InChI=1S/C20H20F3N3O2/c1-14(2)26(19(27)17-4-3-11-28-17)13-18-24-9-10-25(18)12-15-5-7-16(8-6-15)20(21,22)23/h3-11,14H,12-13H2,1-2H3. The van der Waals surface area contributed by atoms with Gasteiger partial charge in [-0.05, 0) is 43.7 Å². The smallest absolute Gasteiger partial charge is 0.416 e. The van der Waals surface area contributed by atoms with Crippen molar-refractivity contribution in [1.29, 1.82) is 0 Å². The number of furan rings is 1. The van der Waals surface area contributed by atoms with Crippen LogP contribution >= 0.6 is 0 Å². The van der Waals surface area contributed by atoms with Crippen molar-refractivity contribution in [2.24, 2.45) is 0 Å². The van der Waals surface area contributed by atoms with Crippen LogP contribution in [0.3, 0.4) is 0 Å². The van der Waals surface area contributed by atoms with E-state index in [4.69, 9.17) is 4.42 Å². The molecule has 28 heavy (non-hydrogen) atoms. The van der Waals surface area contributed by atoms with Crippen molar-refractivity contribution in [3.8, 4) is 0 Å². The fourth-order valence-electron chi connectivity index (χ4n) is 2.81. The fourth-order valence-corrected chi connectivity index (χ4v) is 2.81. The van der Waals surface area contributed by atoms with Gasteiger partial charge in [0, 0.05) is 25.0 Å². The summed E-state index contributed by atoms with van der Waals surface area (Å²) in [7, 11) is 0. The van der Waals surface area contributed by atoms with Crippen LogP contribution in [0.15, 0.2) is 59.5 Å². The van der Waals surface area contributed by atoms with Crippen molar-refractivity contribution in [3.63, 3.8) is 0 Å². The molecule has 0 aliphatic carbocycles. The van der Waals surface area contributed by atoms with Gasteiger partial charge in [-0.25, -0.2) is 4.98 Å². The molecule has 0 spiro atoms. The molecule has 3 aromatic rings. The first-order chi connectivity index (χ1) is 13.3. The highest BCUT2D eigenvalue weighted by Gasteiger charge is 2.30. The third kappa shape index (κ3) is 4.44. The number of hydrogen-bond donors (Lipinski definition) is 0. The zero-order valence-corrected chi connectivity index (χ0v) is 15.5. The number of rotatable bonds is 6. The predicted molar refractivity (Wildman–Crippen MR) is 96.5 cm³/mol. The average molecular weight is 391 g/mol.